The van der Waals surface area contributed by atoms with Gasteiger partial charge in [0.2, 0.25) is 0 Å². The summed E-state index contributed by atoms with van der Waals surface area (Å²) in [6.07, 6.45) is 1.89. The molecule has 5 heteroatoms. The van der Waals surface area contributed by atoms with Gasteiger partial charge >= 0.3 is 0 Å². The van der Waals surface area contributed by atoms with Crippen molar-refractivity contribution in [2.45, 2.75) is 13.0 Å². The average Bonchev–Trinajstić information content (AvgIpc) is 2.45. The molecule has 2 aliphatic heterocycles. The van der Waals surface area contributed by atoms with Gasteiger partial charge in [-0.1, -0.05) is 11.6 Å². The second kappa shape index (κ2) is 5.46. The van der Waals surface area contributed by atoms with E-state index >= 15 is 0 Å². The third-order valence-electron chi connectivity index (χ3n) is 3.62. The number of piperazine rings is 1. The lowest BCUT2D eigenvalue weighted by atomic mass is 10.1. The zero-order valence-electron chi connectivity index (χ0n) is 11.4. The first kappa shape index (κ1) is 13.5. The minimum atomic E-state index is 0.0592. The largest absolute Gasteiger partial charge is 0.488 e. The lowest BCUT2D eigenvalue weighted by molar-refractivity contribution is -0.128. The molecule has 2 aliphatic rings. The van der Waals surface area contributed by atoms with Gasteiger partial charge < -0.3 is 15.0 Å². The number of benzene rings is 1. The number of nitrogens with zero attached hydrogens (tertiary/aromatic N) is 1. The van der Waals surface area contributed by atoms with Crippen LogP contribution in [-0.2, 0) is 4.79 Å². The van der Waals surface area contributed by atoms with Gasteiger partial charge in [0, 0.05) is 36.3 Å². The topological polar surface area (TPSA) is 41.6 Å². The van der Waals surface area contributed by atoms with Crippen LogP contribution in [0.2, 0.25) is 5.02 Å². The van der Waals surface area contributed by atoms with E-state index in [-0.39, 0.29) is 5.91 Å². The Morgan fingerprint density at radius 2 is 2.35 bits per heavy atom. The summed E-state index contributed by atoms with van der Waals surface area (Å²) in [6.45, 7) is 4.72. The molecule has 0 bridgehead atoms. The highest BCUT2D eigenvalue weighted by molar-refractivity contribution is 6.30. The lowest BCUT2D eigenvalue weighted by Crippen LogP contribution is -2.52. The molecule has 0 aliphatic carbocycles. The number of nitrogens with one attached hydrogen (secondary N) is 1. The average molecular weight is 293 g/mol. The number of hydrogen-bond donors (Lipinski definition) is 1. The molecule has 1 fully saturated rings. The van der Waals surface area contributed by atoms with Gasteiger partial charge in [0.05, 0.1) is 5.57 Å². The molecule has 20 heavy (non-hydrogen) atoms. The fourth-order valence-corrected chi connectivity index (χ4v) is 2.77. The van der Waals surface area contributed by atoms with E-state index in [0.29, 0.717) is 23.2 Å². The fourth-order valence-electron chi connectivity index (χ4n) is 2.59. The Labute approximate surface area is 123 Å². The molecule has 4 nitrogen and oxygen atoms in total. The van der Waals surface area contributed by atoms with E-state index in [9.17, 15) is 4.79 Å². The van der Waals surface area contributed by atoms with Gasteiger partial charge in [-0.05, 0) is 31.2 Å². The van der Waals surface area contributed by atoms with E-state index < -0.39 is 0 Å². The maximum Gasteiger partial charge on any atom is 0.253 e. The Morgan fingerprint density at radius 3 is 3.15 bits per heavy atom. The van der Waals surface area contributed by atoms with E-state index in [1.165, 1.54) is 0 Å². The lowest BCUT2D eigenvalue weighted by Gasteiger charge is -2.33. The van der Waals surface area contributed by atoms with Gasteiger partial charge in [-0.2, -0.15) is 0 Å². The van der Waals surface area contributed by atoms with Crippen LogP contribution in [0.3, 0.4) is 0 Å². The maximum absolute atomic E-state index is 12.5. The van der Waals surface area contributed by atoms with Crippen LogP contribution in [0.1, 0.15) is 12.5 Å². The molecule has 2 heterocycles. The molecule has 1 N–H and O–H groups in total. The van der Waals surface area contributed by atoms with E-state index in [0.717, 1.165) is 30.9 Å². The number of hydrogen-bond acceptors (Lipinski definition) is 3. The molecular weight excluding hydrogens is 276 g/mol. The van der Waals surface area contributed by atoms with Crippen molar-refractivity contribution in [2.24, 2.45) is 0 Å². The molecule has 1 amide bonds. The van der Waals surface area contributed by atoms with Crippen molar-refractivity contribution >= 4 is 23.6 Å². The molecule has 0 spiro atoms. The highest BCUT2D eigenvalue weighted by atomic mass is 35.5. The summed E-state index contributed by atoms with van der Waals surface area (Å²) >= 11 is 5.98. The van der Waals surface area contributed by atoms with Crippen molar-refractivity contribution in [3.63, 3.8) is 0 Å². The minimum absolute atomic E-state index is 0.0592. The molecule has 3 rings (SSSR count). The maximum atomic E-state index is 12.5. The van der Waals surface area contributed by atoms with Crippen LogP contribution < -0.4 is 10.1 Å². The summed E-state index contributed by atoms with van der Waals surface area (Å²) in [5.74, 6) is 0.837. The van der Waals surface area contributed by atoms with Gasteiger partial charge in [-0.15, -0.1) is 0 Å². The second-order valence-electron chi connectivity index (χ2n) is 5.25. The first-order valence-corrected chi connectivity index (χ1v) is 7.17. The van der Waals surface area contributed by atoms with Gasteiger partial charge in [0.25, 0.3) is 5.91 Å². The molecule has 1 saturated heterocycles. The SMILES string of the molecule is CC1CN(C(=O)C2=Cc3cc(Cl)ccc3OC2)CCN1. The van der Waals surface area contributed by atoms with Gasteiger partial charge in [0.1, 0.15) is 12.4 Å². The second-order valence-corrected chi connectivity index (χ2v) is 5.68. The minimum Gasteiger partial charge on any atom is -0.488 e. The van der Waals surface area contributed by atoms with E-state index in [4.69, 9.17) is 16.3 Å². The number of amides is 1. The summed E-state index contributed by atoms with van der Waals surface area (Å²) in [7, 11) is 0. The molecule has 1 aromatic carbocycles. The summed E-state index contributed by atoms with van der Waals surface area (Å²) in [4.78, 5) is 14.4. The van der Waals surface area contributed by atoms with Crippen LogP contribution in [-0.4, -0.2) is 43.1 Å². The Balaban J connectivity index is 1.82. The quantitative estimate of drug-likeness (QED) is 0.860. The van der Waals surface area contributed by atoms with Crippen molar-refractivity contribution < 1.29 is 9.53 Å². The van der Waals surface area contributed by atoms with Crippen LogP contribution in [0.4, 0.5) is 0 Å². The zero-order valence-corrected chi connectivity index (χ0v) is 12.1. The predicted molar refractivity (Wildman–Crippen MR) is 79.0 cm³/mol. The fraction of sp³-hybridized carbons (Fsp3) is 0.400. The Morgan fingerprint density at radius 1 is 1.50 bits per heavy atom. The number of halogens is 1. The first-order valence-electron chi connectivity index (χ1n) is 6.79. The van der Waals surface area contributed by atoms with Crippen molar-refractivity contribution in [3.05, 3.63) is 34.4 Å². The van der Waals surface area contributed by atoms with Crippen LogP contribution in [0.15, 0.2) is 23.8 Å². The summed E-state index contributed by atoms with van der Waals surface area (Å²) in [5.41, 5.74) is 1.56. The number of rotatable bonds is 1. The molecular formula is C15H17ClN2O2. The number of carbonyl (C=O) groups is 1. The molecule has 1 aromatic rings. The van der Waals surface area contributed by atoms with E-state index in [2.05, 4.69) is 12.2 Å². The summed E-state index contributed by atoms with van der Waals surface area (Å²) < 4.78 is 5.64. The third kappa shape index (κ3) is 2.67. The highest BCUT2D eigenvalue weighted by Crippen LogP contribution is 2.29. The third-order valence-corrected chi connectivity index (χ3v) is 3.85. The molecule has 0 saturated carbocycles. The standard InChI is InChI=1S/C15H17ClN2O2/c1-10-8-18(5-4-17-10)15(19)12-6-11-7-13(16)2-3-14(11)20-9-12/h2-3,6-7,10,17H,4-5,8-9H2,1H3. The zero-order chi connectivity index (χ0) is 14.1. The van der Waals surface area contributed by atoms with Gasteiger partial charge in [-0.25, -0.2) is 0 Å². The first-order chi connectivity index (χ1) is 9.63. The predicted octanol–water partition coefficient (Wildman–Crippen LogP) is 1.94. The van der Waals surface area contributed by atoms with Crippen LogP contribution in [0.25, 0.3) is 6.08 Å². The van der Waals surface area contributed by atoms with Crippen LogP contribution in [0.5, 0.6) is 5.75 Å². The van der Waals surface area contributed by atoms with Gasteiger partial charge in [0.15, 0.2) is 0 Å². The van der Waals surface area contributed by atoms with Gasteiger partial charge in [-0.3, -0.25) is 4.79 Å². The van der Waals surface area contributed by atoms with E-state index in [1.54, 1.807) is 6.07 Å². The number of carbonyl (C=O) groups excluding carboxylic acids is 1. The number of ether oxygens (including phenoxy) is 1. The van der Waals surface area contributed by atoms with E-state index in [1.807, 2.05) is 23.1 Å². The molecule has 1 unspecified atom stereocenters. The Hall–Kier alpha value is -1.52. The summed E-state index contributed by atoms with van der Waals surface area (Å²) in [5, 5.41) is 3.98. The van der Waals surface area contributed by atoms with Crippen molar-refractivity contribution in [1.82, 2.24) is 10.2 Å². The normalized spacial score (nSPS) is 21.8. The van der Waals surface area contributed by atoms with Crippen molar-refractivity contribution in [2.75, 3.05) is 26.2 Å². The smallest absolute Gasteiger partial charge is 0.253 e. The Bertz CT molecular complexity index is 571. The monoisotopic (exact) mass is 292 g/mol. The molecule has 106 valence electrons. The Kier molecular flexibility index (Phi) is 3.68. The highest BCUT2D eigenvalue weighted by Gasteiger charge is 2.25. The van der Waals surface area contributed by atoms with Crippen LogP contribution >= 0.6 is 11.6 Å². The number of fused-ring (bicyclic) bond motifs is 1. The molecule has 0 radical (unpaired) electrons. The molecule has 0 aromatic heterocycles. The van der Waals surface area contributed by atoms with Crippen molar-refractivity contribution in [1.29, 1.82) is 0 Å². The molecule has 1 atom stereocenters. The summed E-state index contributed by atoms with van der Waals surface area (Å²) in [6, 6.07) is 5.78. The van der Waals surface area contributed by atoms with Crippen molar-refractivity contribution in [3.8, 4) is 5.75 Å². The van der Waals surface area contributed by atoms with Crippen LogP contribution in [0, 0.1) is 0 Å².